The molecule has 0 spiro atoms. The van der Waals surface area contributed by atoms with Gasteiger partial charge in [-0.2, -0.15) is 0 Å². The van der Waals surface area contributed by atoms with Crippen molar-refractivity contribution in [3.8, 4) is 0 Å². The molecule has 2 aromatic heterocycles. The van der Waals surface area contributed by atoms with Gasteiger partial charge in [0.2, 0.25) is 0 Å². The molecule has 0 aliphatic heterocycles. The molecule has 0 bridgehead atoms. The molecule has 2 rings (SSSR count). The molecule has 2 heterocycles. The van der Waals surface area contributed by atoms with Crippen molar-refractivity contribution in [3.05, 3.63) is 23.2 Å². The molecule has 0 saturated carbocycles. The van der Waals surface area contributed by atoms with Crippen molar-refractivity contribution < 1.29 is 4.74 Å². The summed E-state index contributed by atoms with van der Waals surface area (Å²) in [5.74, 6) is 0. The summed E-state index contributed by atoms with van der Waals surface area (Å²) in [5.41, 5.74) is 1.82. The van der Waals surface area contributed by atoms with Crippen molar-refractivity contribution >= 4 is 28.9 Å². The first-order valence-corrected chi connectivity index (χ1v) is 5.92. The van der Waals surface area contributed by atoms with Gasteiger partial charge in [-0.1, -0.05) is 23.4 Å². The van der Waals surface area contributed by atoms with E-state index in [0.29, 0.717) is 11.8 Å². The zero-order chi connectivity index (χ0) is 10.8. The van der Waals surface area contributed by atoms with E-state index in [0.717, 1.165) is 16.4 Å². The Kier molecular flexibility index (Phi) is 3.14. The number of halogens is 1. The third-order valence-electron chi connectivity index (χ3n) is 2.01. The van der Waals surface area contributed by atoms with Gasteiger partial charge in [0.05, 0.1) is 17.8 Å². The lowest BCUT2D eigenvalue weighted by Gasteiger charge is -2.02. The highest BCUT2D eigenvalue weighted by molar-refractivity contribution is 7.98. The van der Waals surface area contributed by atoms with Crippen molar-refractivity contribution in [1.82, 2.24) is 14.4 Å². The minimum absolute atomic E-state index is 0.477. The van der Waals surface area contributed by atoms with E-state index in [9.17, 15) is 0 Å². The van der Waals surface area contributed by atoms with Crippen LogP contribution in [0.4, 0.5) is 0 Å². The van der Waals surface area contributed by atoms with Gasteiger partial charge in [-0.15, -0.1) is 0 Å². The van der Waals surface area contributed by atoms with Crippen molar-refractivity contribution in [2.75, 3.05) is 13.4 Å². The standard InChI is InChI=1S/C9H10ClN3OS/c1-14-4-6-7-3-8(10)12-9(15-2)13(7)5-11-6/h3,5H,4H2,1-2H3. The molecule has 15 heavy (non-hydrogen) atoms. The fourth-order valence-electron chi connectivity index (χ4n) is 1.38. The number of aromatic nitrogens is 3. The summed E-state index contributed by atoms with van der Waals surface area (Å²) in [7, 11) is 1.64. The van der Waals surface area contributed by atoms with Gasteiger partial charge in [0.25, 0.3) is 0 Å². The fraction of sp³-hybridized carbons (Fsp3) is 0.333. The second-order valence-corrected chi connectivity index (χ2v) is 4.11. The van der Waals surface area contributed by atoms with E-state index in [-0.39, 0.29) is 0 Å². The molecule has 6 heteroatoms. The van der Waals surface area contributed by atoms with Gasteiger partial charge in [-0.05, 0) is 6.26 Å². The van der Waals surface area contributed by atoms with Gasteiger partial charge in [0, 0.05) is 13.2 Å². The first kappa shape index (κ1) is 10.7. The Morgan fingerprint density at radius 2 is 2.40 bits per heavy atom. The van der Waals surface area contributed by atoms with E-state index in [4.69, 9.17) is 16.3 Å². The van der Waals surface area contributed by atoms with Crippen LogP contribution in [0.5, 0.6) is 0 Å². The van der Waals surface area contributed by atoms with Gasteiger partial charge >= 0.3 is 0 Å². The van der Waals surface area contributed by atoms with Gasteiger partial charge in [0.15, 0.2) is 5.16 Å². The van der Waals surface area contributed by atoms with Crippen LogP contribution in [0.3, 0.4) is 0 Å². The van der Waals surface area contributed by atoms with Crippen LogP contribution < -0.4 is 0 Å². The van der Waals surface area contributed by atoms with E-state index in [1.165, 1.54) is 11.8 Å². The molecule has 0 aliphatic carbocycles. The molecule has 0 atom stereocenters. The number of nitrogens with zero attached hydrogens (tertiary/aromatic N) is 3. The molecule has 0 N–H and O–H groups in total. The van der Waals surface area contributed by atoms with Crippen molar-refractivity contribution in [3.63, 3.8) is 0 Å². The normalized spacial score (nSPS) is 11.1. The minimum atomic E-state index is 0.477. The first-order valence-electron chi connectivity index (χ1n) is 4.31. The maximum Gasteiger partial charge on any atom is 0.175 e. The molecule has 80 valence electrons. The molecule has 0 amide bonds. The Labute approximate surface area is 96.6 Å². The summed E-state index contributed by atoms with van der Waals surface area (Å²) >= 11 is 7.46. The van der Waals surface area contributed by atoms with Crippen LogP contribution in [-0.2, 0) is 11.3 Å². The van der Waals surface area contributed by atoms with Crippen LogP contribution in [0, 0.1) is 0 Å². The van der Waals surface area contributed by atoms with Crippen LogP contribution in [-0.4, -0.2) is 27.7 Å². The van der Waals surface area contributed by atoms with E-state index in [1.807, 2.05) is 10.7 Å². The zero-order valence-corrected chi connectivity index (χ0v) is 9.97. The van der Waals surface area contributed by atoms with Gasteiger partial charge in [-0.3, -0.25) is 4.40 Å². The van der Waals surface area contributed by atoms with E-state index < -0.39 is 0 Å². The highest BCUT2D eigenvalue weighted by Crippen LogP contribution is 2.21. The Bertz CT molecular complexity index is 485. The summed E-state index contributed by atoms with van der Waals surface area (Å²) in [6, 6.07) is 1.79. The Morgan fingerprint density at radius 1 is 1.60 bits per heavy atom. The molecule has 0 fully saturated rings. The average Bonchev–Trinajstić information content (AvgIpc) is 2.61. The quantitative estimate of drug-likeness (QED) is 0.471. The number of methoxy groups -OCH3 is 1. The summed E-state index contributed by atoms with van der Waals surface area (Å²) in [6.07, 6.45) is 3.69. The number of hydrogen-bond donors (Lipinski definition) is 0. The lowest BCUT2D eigenvalue weighted by molar-refractivity contribution is 0.183. The largest absolute Gasteiger partial charge is 0.378 e. The molecule has 0 saturated heterocycles. The third-order valence-corrected chi connectivity index (χ3v) is 2.86. The SMILES string of the molecule is COCc1ncn2c(SC)nc(Cl)cc12. The molecule has 2 aromatic rings. The molecular formula is C9H10ClN3OS. The van der Waals surface area contributed by atoms with Crippen LogP contribution in [0.2, 0.25) is 5.15 Å². The number of ether oxygens (including phenoxy) is 1. The van der Waals surface area contributed by atoms with Crippen molar-refractivity contribution in [2.45, 2.75) is 11.8 Å². The average molecular weight is 244 g/mol. The van der Waals surface area contributed by atoms with Gasteiger partial charge < -0.3 is 4.74 Å². The second kappa shape index (κ2) is 4.38. The number of imidazole rings is 1. The smallest absolute Gasteiger partial charge is 0.175 e. The van der Waals surface area contributed by atoms with E-state index in [2.05, 4.69) is 9.97 Å². The molecular weight excluding hydrogens is 234 g/mol. The monoisotopic (exact) mass is 243 g/mol. The van der Waals surface area contributed by atoms with Gasteiger partial charge in [0.1, 0.15) is 11.5 Å². The Morgan fingerprint density at radius 3 is 3.07 bits per heavy atom. The Hall–Kier alpha value is -0.780. The number of rotatable bonds is 3. The summed E-state index contributed by atoms with van der Waals surface area (Å²) in [4.78, 5) is 8.46. The minimum Gasteiger partial charge on any atom is -0.378 e. The highest BCUT2D eigenvalue weighted by Gasteiger charge is 2.09. The molecule has 0 aliphatic rings. The summed E-state index contributed by atoms with van der Waals surface area (Å²) < 4.78 is 6.97. The summed E-state index contributed by atoms with van der Waals surface area (Å²) in [5, 5.41) is 1.30. The highest BCUT2D eigenvalue weighted by atomic mass is 35.5. The molecule has 4 nitrogen and oxygen atoms in total. The second-order valence-electron chi connectivity index (χ2n) is 2.95. The van der Waals surface area contributed by atoms with Crippen molar-refractivity contribution in [1.29, 1.82) is 0 Å². The number of hydrogen-bond acceptors (Lipinski definition) is 4. The van der Waals surface area contributed by atoms with Crippen LogP contribution >= 0.6 is 23.4 Å². The molecule has 0 radical (unpaired) electrons. The van der Waals surface area contributed by atoms with Crippen molar-refractivity contribution in [2.24, 2.45) is 0 Å². The number of fused-ring (bicyclic) bond motifs is 1. The Balaban J connectivity index is 2.64. The molecule has 0 unspecified atom stereocenters. The number of thioether (sulfide) groups is 1. The van der Waals surface area contributed by atoms with Crippen LogP contribution in [0.15, 0.2) is 17.6 Å². The predicted octanol–water partition coefficient (Wildman–Crippen LogP) is 2.25. The third kappa shape index (κ3) is 1.95. The summed E-state index contributed by atoms with van der Waals surface area (Å²) in [6.45, 7) is 0.477. The topological polar surface area (TPSA) is 39.4 Å². The van der Waals surface area contributed by atoms with Crippen LogP contribution in [0.25, 0.3) is 5.52 Å². The van der Waals surface area contributed by atoms with E-state index >= 15 is 0 Å². The zero-order valence-electron chi connectivity index (χ0n) is 8.40. The maximum atomic E-state index is 5.93. The lowest BCUT2D eigenvalue weighted by atomic mass is 10.4. The van der Waals surface area contributed by atoms with Crippen LogP contribution in [0.1, 0.15) is 5.69 Å². The molecule has 0 aromatic carbocycles. The fourth-order valence-corrected chi connectivity index (χ4v) is 2.15. The van der Waals surface area contributed by atoms with E-state index in [1.54, 1.807) is 19.5 Å². The lowest BCUT2D eigenvalue weighted by Crippen LogP contribution is -1.94. The van der Waals surface area contributed by atoms with Gasteiger partial charge in [-0.25, -0.2) is 9.97 Å². The maximum absolute atomic E-state index is 5.93. The predicted molar refractivity (Wildman–Crippen MR) is 60.5 cm³/mol. The first-order chi connectivity index (χ1) is 7.26.